The van der Waals surface area contributed by atoms with E-state index in [9.17, 15) is 25.5 Å². The molecule has 3 rings (SSSR count). The van der Waals surface area contributed by atoms with E-state index in [4.69, 9.17) is 9.84 Å². The zero-order valence-corrected chi connectivity index (χ0v) is 14.5. The molecular formula is C18H27NO7. The molecular weight excluding hydrogens is 342 g/mol. The van der Waals surface area contributed by atoms with Gasteiger partial charge in [0.1, 0.15) is 23.9 Å². The molecule has 2 fully saturated rings. The molecule has 0 radical (unpaired) electrons. The van der Waals surface area contributed by atoms with Gasteiger partial charge in [0.05, 0.1) is 12.7 Å². The summed E-state index contributed by atoms with van der Waals surface area (Å²) < 4.78 is 5.05. The molecule has 2 heterocycles. The Labute approximate surface area is 151 Å². The summed E-state index contributed by atoms with van der Waals surface area (Å²) in [5.41, 5.74) is -0.430. The van der Waals surface area contributed by atoms with Gasteiger partial charge in [-0.25, -0.2) is 0 Å². The second-order valence-corrected chi connectivity index (χ2v) is 7.20. The van der Waals surface area contributed by atoms with Crippen LogP contribution in [0.2, 0.25) is 0 Å². The summed E-state index contributed by atoms with van der Waals surface area (Å²) >= 11 is 0. The Kier molecular flexibility index (Phi) is 5.83. The first kappa shape index (κ1) is 19.5. The first-order valence-corrected chi connectivity index (χ1v) is 8.90. The van der Waals surface area contributed by atoms with Gasteiger partial charge < -0.3 is 40.3 Å². The van der Waals surface area contributed by atoms with Gasteiger partial charge in [0.2, 0.25) is 0 Å². The summed E-state index contributed by atoms with van der Waals surface area (Å²) in [5, 5.41) is 59.7. The van der Waals surface area contributed by atoms with Gasteiger partial charge in [0, 0.05) is 25.2 Å². The number of piperidine rings is 1. The highest BCUT2D eigenvalue weighted by atomic mass is 16.6. The van der Waals surface area contributed by atoms with Crippen molar-refractivity contribution in [3.8, 4) is 0 Å². The number of aliphatic hydroxyl groups excluding tert-OH is 5. The number of anilines is 1. The standard InChI is InChI=1S/C18H27NO7/c20-10-14-15(22)16(23)18(25,17(24)26-14)9-11-1-3-12(4-2-11)19-7-5-13(21)6-8-19/h1-4,13-17,20-25H,5-10H2/t14-,15-,16+,17?,18-/m1/s1. The fourth-order valence-electron chi connectivity index (χ4n) is 3.63. The van der Waals surface area contributed by atoms with Crippen molar-refractivity contribution in [1.29, 1.82) is 0 Å². The predicted octanol–water partition coefficient (Wildman–Crippen LogP) is -1.65. The van der Waals surface area contributed by atoms with E-state index >= 15 is 0 Å². The van der Waals surface area contributed by atoms with Gasteiger partial charge in [0.25, 0.3) is 0 Å². The second kappa shape index (κ2) is 7.77. The highest BCUT2D eigenvalue weighted by molar-refractivity contribution is 5.48. The molecule has 2 saturated heterocycles. The Bertz CT molecular complexity index is 590. The summed E-state index contributed by atoms with van der Waals surface area (Å²) in [6, 6.07) is 7.32. The van der Waals surface area contributed by atoms with E-state index in [2.05, 4.69) is 4.90 Å². The van der Waals surface area contributed by atoms with E-state index in [1.807, 2.05) is 12.1 Å². The summed E-state index contributed by atoms with van der Waals surface area (Å²) in [6.45, 7) is 0.958. The minimum atomic E-state index is -2.08. The topological polar surface area (TPSA) is 134 Å². The molecule has 1 unspecified atom stereocenters. The zero-order chi connectivity index (χ0) is 18.9. The molecule has 26 heavy (non-hydrogen) atoms. The third kappa shape index (κ3) is 3.72. The normalized spacial score (nSPS) is 36.3. The van der Waals surface area contributed by atoms with Crippen LogP contribution in [0.15, 0.2) is 24.3 Å². The van der Waals surface area contributed by atoms with E-state index in [-0.39, 0.29) is 12.5 Å². The van der Waals surface area contributed by atoms with Crippen molar-refractivity contribution in [2.75, 3.05) is 24.6 Å². The summed E-state index contributed by atoms with van der Waals surface area (Å²) in [6.07, 6.45) is -4.98. The Balaban J connectivity index is 1.70. The highest BCUT2D eigenvalue weighted by Gasteiger charge is 2.54. The van der Waals surface area contributed by atoms with Crippen molar-refractivity contribution in [3.05, 3.63) is 29.8 Å². The van der Waals surface area contributed by atoms with E-state index in [0.29, 0.717) is 5.56 Å². The molecule has 146 valence electrons. The molecule has 0 spiro atoms. The van der Waals surface area contributed by atoms with Crippen LogP contribution in [0.5, 0.6) is 0 Å². The van der Waals surface area contributed by atoms with Crippen LogP contribution in [0, 0.1) is 0 Å². The Hall–Kier alpha value is -1.26. The van der Waals surface area contributed by atoms with E-state index in [0.717, 1.165) is 31.6 Å². The van der Waals surface area contributed by atoms with Gasteiger partial charge in [-0.15, -0.1) is 0 Å². The minimum absolute atomic E-state index is 0.121. The summed E-state index contributed by atoms with van der Waals surface area (Å²) in [7, 11) is 0. The van der Waals surface area contributed by atoms with Crippen LogP contribution >= 0.6 is 0 Å². The Morgan fingerprint density at radius 1 is 1.04 bits per heavy atom. The summed E-state index contributed by atoms with van der Waals surface area (Å²) in [5.74, 6) is 0. The van der Waals surface area contributed by atoms with Crippen LogP contribution in [-0.2, 0) is 11.2 Å². The van der Waals surface area contributed by atoms with Crippen LogP contribution in [-0.4, -0.2) is 86.6 Å². The lowest BCUT2D eigenvalue weighted by Crippen LogP contribution is -2.67. The van der Waals surface area contributed by atoms with Crippen LogP contribution in [0.4, 0.5) is 5.69 Å². The maximum absolute atomic E-state index is 10.7. The first-order chi connectivity index (χ1) is 12.3. The summed E-state index contributed by atoms with van der Waals surface area (Å²) in [4.78, 5) is 2.16. The minimum Gasteiger partial charge on any atom is -0.394 e. The number of benzene rings is 1. The van der Waals surface area contributed by atoms with Crippen molar-refractivity contribution in [3.63, 3.8) is 0 Å². The lowest BCUT2D eigenvalue weighted by Gasteiger charge is -2.46. The Morgan fingerprint density at radius 2 is 1.65 bits per heavy atom. The Morgan fingerprint density at radius 3 is 2.23 bits per heavy atom. The molecule has 0 aromatic heterocycles. The zero-order valence-electron chi connectivity index (χ0n) is 14.5. The van der Waals surface area contributed by atoms with Crippen molar-refractivity contribution < 1.29 is 35.4 Å². The maximum atomic E-state index is 10.7. The monoisotopic (exact) mass is 369 g/mol. The number of hydrogen-bond donors (Lipinski definition) is 6. The SMILES string of the molecule is OC[C@H]1OC(O)[C@@](O)(Cc2ccc(N3CCC(O)CC3)cc2)[C@@H](O)[C@@H]1O. The van der Waals surface area contributed by atoms with Crippen LogP contribution in [0.1, 0.15) is 18.4 Å². The van der Waals surface area contributed by atoms with E-state index in [1.54, 1.807) is 12.1 Å². The number of aliphatic hydroxyl groups is 6. The molecule has 0 saturated carbocycles. The van der Waals surface area contributed by atoms with Crippen molar-refractivity contribution in [1.82, 2.24) is 0 Å². The van der Waals surface area contributed by atoms with Crippen molar-refractivity contribution in [2.45, 2.75) is 55.6 Å². The van der Waals surface area contributed by atoms with Gasteiger partial charge in [-0.2, -0.15) is 0 Å². The van der Waals surface area contributed by atoms with E-state index in [1.165, 1.54) is 0 Å². The molecule has 2 aliphatic heterocycles. The first-order valence-electron chi connectivity index (χ1n) is 8.90. The lowest BCUT2D eigenvalue weighted by atomic mass is 9.82. The van der Waals surface area contributed by atoms with E-state index < -0.39 is 36.8 Å². The number of hydrogen-bond acceptors (Lipinski definition) is 8. The van der Waals surface area contributed by atoms with Crippen molar-refractivity contribution >= 4 is 5.69 Å². The van der Waals surface area contributed by atoms with Crippen LogP contribution < -0.4 is 4.90 Å². The molecule has 0 aliphatic carbocycles. The van der Waals surface area contributed by atoms with Gasteiger partial charge in [-0.05, 0) is 30.5 Å². The highest BCUT2D eigenvalue weighted by Crippen LogP contribution is 2.32. The largest absolute Gasteiger partial charge is 0.394 e. The molecule has 2 aliphatic rings. The third-order valence-electron chi connectivity index (χ3n) is 5.38. The molecule has 6 N–H and O–H groups in total. The number of ether oxygens (including phenoxy) is 1. The molecule has 0 amide bonds. The smallest absolute Gasteiger partial charge is 0.187 e. The van der Waals surface area contributed by atoms with Crippen LogP contribution in [0.25, 0.3) is 0 Å². The fraction of sp³-hybridized carbons (Fsp3) is 0.667. The second-order valence-electron chi connectivity index (χ2n) is 7.20. The third-order valence-corrected chi connectivity index (χ3v) is 5.38. The molecule has 8 heteroatoms. The van der Waals surface area contributed by atoms with Gasteiger partial charge in [-0.3, -0.25) is 0 Å². The molecule has 8 nitrogen and oxygen atoms in total. The number of rotatable bonds is 4. The average Bonchev–Trinajstić information content (AvgIpc) is 2.65. The molecule has 5 atom stereocenters. The molecule has 1 aromatic rings. The predicted molar refractivity (Wildman–Crippen MR) is 92.5 cm³/mol. The molecule has 0 bridgehead atoms. The van der Waals surface area contributed by atoms with Crippen LogP contribution in [0.3, 0.4) is 0 Å². The lowest BCUT2D eigenvalue weighted by molar-refractivity contribution is -0.328. The maximum Gasteiger partial charge on any atom is 0.187 e. The van der Waals surface area contributed by atoms with Gasteiger partial charge in [-0.1, -0.05) is 12.1 Å². The number of nitrogens with zero attached hydrogens (tertiary/aromatic N) is 1. The molecule has 1 aromatic carbocycles. The van der Waals surface area contributed by atoms with Gasteiger partial charge in [0.15, 0.2) is 6.29 Å². The fourth-order valence-corrected chi connectivity index (χ4v) is 3.63. The van der Waals surface area contributed by atoms with Crippen molar-refractivity contribution in [2.24, 2.45) is 0 Å². The average molecular weight is 369 g/mol. The quantitative estimate of drug-likeness (QED) is 0.372. The van der Waals surface area contributed by atoms with Gasteiger partial charge >= 0.3 is 0 Å².